The maximum atomic E-state index is 8.19. The first kappa shape index (κ1) is 31.5. The summed E-state index contributed by atoms with van der Waals surface area (Å²) in [5.74, 6) is 0. The third kappa shape index (κ3) is 43.5. The van der Waals surface area contributed by atoms with E-state index in [1.165, 1.54) is 0 Å². The Kier molecular flexibility index (Phi) is 44.1. The molecule has 0 atom stereocenters. The third-order valence-electron chi connectivity index (χ3n) is 1.81. The molecule has 0 spiro atoms. The molecule has 0 fully saturated rings. The summed E-state index contributed by atoms with van der Waals surface area (Å²) in [6.07, 6.45) is 6.03. The second-order valence-corrected chi connectivity index (χ2v) is 3.23. The first-order valence-electron chi connectivity index (χ1n) is 5.88. The van der Waals surface area contributed by atoms with Gasteiger partial charge in [0.15, 0.2) is 11.4 Å². The highest BCUT2D eigenvalue weighted by Gasteiger charge is 1.89. The molecule has 0 aliphatic rings. The van der Waals surface area contributed by atoms with E-state index >= 15 is 0 Å². The molecule has 0 aromatic heterocycles. The van der Waals surface area contributed by atoms with E-state index < -0.39 is 0 Å². The van der Waals surface area contributed by atoms with Crippen molar-refractivity contribution in [3.63, 3.8) is 0 Å². The molecule has 5 nitrogen and oxygen atoms in total. The molecule has 0 aromatic rings. The second-order valence-electron chi connectivity index (χ2n) is 3.23. The van der Waals surface area contributed by atoms with E-state index in [1.807, 2.05) is 39.0 Å². The normalized spacial score (nSPS) is 8.95. The van der Waals surface area contributed by atoms with Gasteiger partial charge in [0.2, 0.25) is 0 Å². The zero-order valence-corrected chi connectivity index (χ0v) is 13.4. The van der Waals surface area contributed by atoms with Crippen LogP contribution < -0.4 is 0 Å². The van der Waals surface area contributed by atoms with E-state index in [-0.39, 0.29) is 13.6 Å². The van der Waals surface area contributed by atoms with Gasteiger partial charge in [0, 0.05) is 5.57 Å². The van der Waals surface area contributed by atoms with Crippen LogP contribution in [0.15, 0.2) is 35.2 Å². The van der Waals surface area contributed by atoms with Gasteiger partial charge in [-0.15, -0.1) is 0 Å². The third-order valence-corrected chi connectivity index (χ3v) is 1.81. The highest BCUT2D eigenvalue weighted by atomic mass is 16.2. The molecule has 0 saturated heterocycles. The lowest BCUT2D eigenvalue weighted by Crippen LogP contribution is -1.70. The summed E-state index contributed by atoms with van der Waals surface area (Å²) in [6, 6.07) is 1.88. The molecular weight excluding hydrogens is 278 g/mol. The average Bonchev–Trinajstić information content (AvgIpc) is 2.53. The molecule has 0 N–H and O–H groups in total. The molecule has 0 aliphatic carbocycles. The van der Waals surface area contributed by atoms with E-state index in [4.69, 9.17) is 28.0 Å². The summed E-state index contributed by atoms with van der Waals surface area (Å²) in [4.78, 5) is 22.4. The summed E-state index contributed by atoms with van der Waals surface area (Å²) >= 11 is 0. The summed E-state index contributed by atoms with van der Waals surface area (Å²) in [5.41, 5.74) is 1.74. The fourth-order valence-electron chi connectivity index (χ4n) is 0.229. The Hall–Kier alpha value is -2.93. The molecule has 0 radical (unpaired) electrons. The van der Waals surface area contributed by atoms with Crippen LogP contribution in [-0.4, -0.2) is 6.15 Å². The predicted molar refractivity (Wildman–Crippen MR) is 88.8 cm³/mol. The number of rotatable bonds is 0. The molecule has 0 unspecified atom stereocenters. The van der Waals surface area contributed by atoms with Gasteiger partial charge >= 0.3 is 6.15 Å². The van der Waals surface area contributed by atoms with Crippen molar-refractivity contribution in [3.05, 3.63) is 58.0 Å². The van der Waals surface area contributed by atoms with Gasteiger partial charge in [-0.2, -0.15) is 14.9 Å². The number of allylic oxidation sites excluding steroid dienone is 6. The molecule has 120 valence electrons. The second kappa shape index (κ2) is 30.8. The van der Waals surface area contributed by atoms with Crippen LogP contribution in [0.5, 0.6) is 0 Å². The molecule has 22 heavy (non-hydrogen) atoms. The van der Waals surface area contributed by atoms with Crippen LogP contribution in [0.4, 0.5) is 0 Å². The topological polar surface area (TPSA) is 66.7 Å². The van der Waals surface area contributed by atoms with Gasteiger partial charge in [0.25, 0.3) is 0 Å². The van der Waals surface area contributed by atoms with Gasteiger partial charge in [-0.3, -0.25) is 0 Å². The fraction of sp³-hybridized carbons (Fsp3) is 0.412. The van der Waals surface area contributed by atoms with Gasteiger partial charge in [-0.1, -0.05) is 32.6 Å². The quantitative estimate of drug-likeness (QED) is 0.351. The minimum absolute atomic E-state index is 0. The first-order valence-corrected chi connectivity index (χ1v) is 5.88. The van der Waals surface area contributed by atoms with Crippen molar-refractivity contribution in [3.8, 4) is 6.07 Å². The van der Waals surface area contributed by atoms with Crippen molar-refractivity contribution < 1.29 is 9.59 Å². The minimum atomic E-state index is 0. The first-order chi connectivity index (χ1) is 9.86. The fourth-order valence-corrected chi connectivity index (χ4v) is 0.229. The molecule has 0 aromatic carbocycles. The van der Waals surface area contributed by atoms with E-state index in [9.17, 15) is 0 Å². The van der Waals surface area contributed by atoms with Crippen molar-refractivity contribution in [1.82, 2.24) is 0 Å². The van der Waals surface area contributed by atoms with Gasteiger partial charge < -0.3 is 0 Å². The number of nitrogens with zero attached hydrogens (tertiary/aromatic N) is 3. The Bertz CT molecular complexity index is 475. The van der Waals surface area contributed by atoms with Crippen LogP contribution in [-0.2, 0) is 9.59 Å². The Morgan fingerprint density at radius 1 is 1.00 bits per heavy atom. The molecule has 0 aliphatic heterocycles. The average molecular weight is 303 g/mol. The molecule has 5 heteroatoms. The van der Waals surface area contributed by atoms with Crippen molar-refractivity contribution in [1.29, 1.82) is 5.26 Å². The lowest BCUT2D eigenvalue weighted by Gasteiger charge is -1.82. The highest BCUT2D eigenvalue weighted by Crippen LogP contribution is 2.00. The van der Waals surface area contributed by atoms with Crippen molar-refractivity contribution in [2.24, 2.45) is 0 Å². The predicted octanol–water partition coefficient (Wildman–Crippen LogP) is 5.19. The lowest BCUT2D eigenvalue weighted by atomic mass is 10.3. The maximum Gasteiger partial charge on any atom is 0.373 e. The Morgan fingerprint density at radius 2 is 1.36 bits per heavy atom. The van der Waals surface area contributed by atoms with E-state index in [1.54, 1.807) is 26.8 Å². The zero-order chi connectivity index (χ0) is 17.7. The summed E-state index contributed by atoms with van der Waals surface area (Å²) in [6.45, 7) is 23.7. The van der Waals surface area contributed by atoms with Crippen LogP contribution in [0, 0.1) is 24.5 Å². The van der Waals surface area contributed by atoms with Crippen molar-refractivity contribution in [2.45, 2.75) is 49.0 Å². The van der Waals surface area contributed by atoms with Gasteiger partial charge in [-0.05, 0) is 34.6 Å². The summed E-state index contributed by atoms with van der Waals surface area (Å²) in [7, 11) is 0. The van der Waals surface area contributed by atoms with E-state index in [0.29, 0.717) is 11.3 Å². The Balaban J connectivity index is -0.0000000615. The molecule has 0 saturated carbocycles. The summed E-state index contributed by atoms with van der Waals surface area (Å²) < 4.78 is 0. The van der Waals surface area contributed by atoms with Crippen LogP contribution in [0.2, 0.25) is 0 Å². The van der Waals surface area contributed by atoms with Gasteiger partial charge in [0.05, 0.1) is 19.2 Å². The minimum Gasteiger partial charge on any atom is -0.243 e. The zero-order valence-electron chi connectivity index (χ0n) is 13.4. The molecule has 0 bridgehead atoms. The largest absolute Gasteiger partial charge is 0.373 e. The van der Waals surface area contributed by atoms with Crippen LogP contribution in [0.25, 0.3) is 9.69 Å². The number of nitriles is 1. The SMILES string of the molecule is C.C/C=C/C.O=C=O.[C-]#[N+]/C(C)=C(\C)C#N.[C-]#[N+]/C(C)=C\C. The smallest absolute Gasteiger partial charge is 0.243 e. The molecular formula is C17H25N3O2. The molecule has 0 heterocycles. The van der Waals surface area contributed by atoms with Crippen molar-refractivity contribution in [2.75, 3.05) is 0 Å². The van der Waals surface area contributed by atoms with Crippen LogP contribution in [0.3, 0.4) is 0 Å². The van der Waals surface area contributed by atoms with Crippen molar-refractivity contribution >= 4 is 6.15 Å². The lowest BCUT2D eigenvalue weighted by molar-refractivity contribution is -0.191. The Labute approximate surface area is 134 Å². The van der Waals surface area contributed by atoms with Crippen LogP contribution >= 0.6 is 0 Å². The summed E-state index contributed by atoms with van der Waals surface area (Å²) in [5, 5.41) is 8.19. The molecule has 0 amide bonds. The molecule has 0 rings (SSSR count). The van der Waals surface area contributed by atoms with Crippen LogP contribution in [0.1, 0.15) is 49.0 Å². The number of hydrogen-bond acceptors (Lipinski definition) is 3. The van der Waals surface area contributed by atoms with Gasteiger partial charge in [-0.25, -0.2) is 9.69 Å². The van der Waals surface area contributed by atoms with E-state index in [2.05, 4.69) is 9.69 Å². The standard InChI is InChI=1S/C6H6N2.C5H7N.C4H8.CO2.CH4/c1-5(4-7)6(2)8-3;1-4-5(2)6-3;1-3-4-2;2-1-3;/h1-2H3;4H,1-2H3;3-4H,1-2H3;;1H4/b6-5+;5-4-;4-3+;;. The monoisotopic (exact) mass is 303 g/mol. The Morgan fingerprint density at radius 3 is 1.41 bits per heavy atom. The maximum absolute atomic E-state index is 8.19. The van der Waals surface area contributed by atoms with Gasteiger partial charge in [0.1, 0.15) is 0 Å². The van der Waals surface area contributed by atoms with E-state index in [0.717, 1.165) is 5.70 Å². The highest BCUT2D eigenvalue weighted by molar-refractivity contribution is 5.27. The number of hydrogen-bond donors (Lipinski definition) is 0. The number of carbonyl (C=O) groups excluding carboxylic acids is 2.